The zero-order valence-corrected chi connectivity index (χ0v) is 14.7. The number of fused-ring (bicyclic) bond motifs is 1. The Hall–Kier alpha value is -1.57. The lowest BCUT2D eigenvalue weighted by Gasteiger charge is -2.15. The maximum atomic E-state index is 8.51. The molecular weight excluding hydrogens is 316 g/mol. The van der Waals surface area contributed by atoms with E-state index in [1.807, 2.05) is 19.2 Å². The maximum Gasteiger partial charge on any atom is 0.164 e. The van der Waals surface area contributed by atoms with Crippen molar-refractivity contribution in [1.29, 1.82) is 5.41 Å². The van der Waals surface area contributed by atoms with Gasteiger partial charge in [0.25, 0.3) is 0 Å². The monoisotopic (exact) mass is 338 g/mol. The SMILES string of the molecule is COCOC/N=C(\SC)C(=N)c1cc(OC)c2c(c1C)CCO2. The van der Waals surface area contributed by atoms with Crippen molar-refractivity contribution in [3.05, 3.63) is 22.8 Å². The second kappa shape index (κ2) is 8.33. The Kier molecular flexibility index (Phi) is 6.44. The molecule has 1 heterocycles. The molecule has 0 amide bonds. The van der Waals surface area contributed by atoms with Gasteiger partial charge in [-0.05, 0) is 24.8 Å². The van der Waals surface area contributed by atoms with E-state index >= 15 is 0 Å². The van der Waals surface area contributed by atoms with E-state index < -0.39 is 0 Å². The predicted octanol–water partition coefficient (Wildman–Crippen LogP) is 2.65. The Morgan fingerprint density at radius 1 is 1.43 bits per heavy atom. The summed E-state index contributed by atoms with van der Waals surface area (Å²) in [5.41, 5.74) is 3.33. The molecule has 0 saturated carbocycles. The highest BCUT2D eigenvalue weighted by atomic mass is 32.2. The molecular formula is C16H22N2O4S. The van der Waals surface area contributed by atoms with E-state index in [1.54, 1.807) is 14.2 Å². The number of rotatable bonds is 7. The van der Waals surface area contributed by atoms with Gasteiger partial charge < -0.3 is 18.9 Å². The highest BCUT2D eigenvalue weighted by Gasteiger charge is 2.24. The summed E-state index contributed by atoms with van der Waals surface area (Å²) in [7, 11) is 3.17. The minimum absolute atomic E-state index is 0.163. The fourth-order valence-corrected chi connectivity index (χ4v) is 2.99. The molecule has 126 valence electrons. The van der Waals surface area contributed by atoms with Crippen LogP contribution in [0.3, 0.4) is 0 Å². The number of thioether (sulfide) groups is 1. The van der Waals surface area contributed by atoms with E-state index in [4.69, 9.17) is 24.4 Å². The van der Waals surface area contributed by atoms with Gasteiger partial charge in [0, 0.05) is 24.7 Å². The molecule has 1 aliphatic heterocycles. The smallest absolute Gasteiger partial charge is 0.164 e. The van der Waals surface area contributed by atoms with Crippen LogP contribution in [0.5, 0.6) is 11.5 Å². The third-order valence-electron chi connectivity index (χ3n) is 3.63. The van der Waals surface area contributed by atoms with Crippen molar-refractivity contribution >= 4 is 22.5 Å². The third-order valence-corrected chi connectivity index (χ3v) is 4.35. The molecule has 7 heteroatoms. The van der Waals surface area contributed by atoms with Crippen molar-refractivity contribution in [2.45, 2.75) is 13.3 Å². The van der Waals surface area contributed by atoms with Crippen LogP contribution in [0.25, 0.3) is 0 Å². The Morgan fingerprint density at radius 3 is 2.87 bits per heavy atom. The summed E-state index contributed by atoms with van der Waals surface area (Å²) < 4.78 is 21.1. The maximum absolute atomic E-state index is 8.51. The van der Waals surface area contributed by atoms with Crippen molar-refractivity contribution < 1.29 is 18.9 Å². The van der Waals surface area contributed by atoms with E-state index in [2.05, 4.69) is 4.99 Å². The molecule has 1 aliphatic rings. The van der Waals surface area contributed by atoms with Gasteiger partial charge in [0.1, 0.15) is 18.6 Å². The number of methoxy groups -OCH3 is 2. The summed E-state index contributed by atoms with van der Waals surface area (Å²) in [6.45, 7) is 3.01. The number of nitrogens with zero attached hydrogens (tertiary/aromatic N) is 1. The minimum Gasteiger partial charge on any atom is -0.493 e. The van der Waals surface area contributed by atoms with Crippen LogP contribution >= 0.6 is 11.8 Å². The largest absolute Gasteiger partial charge is 0.493 e. The van der Waals surface area contributed by atoms with Crippen LogP contribution < -0.4 is 9.47 Å². The Labute approximate surface area is 140 Å². The third kappa shape index (κ3) is 3.85. The van der Waals surface area contributed by atoms with Gasteiger partial charge in [-0.2, -0.15) is 0 Å². The van der Waals surface area contributed by atoms with Crippen LogP contribution in [0.2, 0.25) is 0 Å². The molecule has 0 saturated heterocycles. The van der Waals surface area contributed by atoms with E-state index in [0.717, 1.165) is 28.9 Å². The Bertz CT molecular complexity index is 617. The van der Waals surface area contributed by atoms with Crippen LogP contribution in [0.1, 0.15) is 16.7 Å². The molecule has 2 rings (SSSR count). The second-order valence-corrected chi connectivity index (χ2v) is 5.73. The summed E-state index contributed by atoms with van der Waals surface area (Å²) >= 11 is 1.42. The first-order valence-corrected chi connectivity index (χ1v) is 8.44. The molecule has 1 aromatic rings. The van der Waals surface area contributed by atoms with Crippen molar-refractivity contribution in [3.63, 3.8) is 0 Å². The van der Waals surface area contributed by atoms with Gasteiger partial charge in [-0.25, -0.2) is 4.99 Å². The van der Waals surface area contributed by atoms with Crippen LogP contribution in [-0.4, -0.2) is 51.4 Å². The first kappa shape index (κ1) is 17.8. The van der Waals surface area contributed by atoms with E-state index in [0.29, 0.717) is 23.1 Å². The summed E-state index contributed by atoms with van der Waals surface area (Å²) in [5.74, 6) is 1.46. The molecule has 1 aromatic carbocycles. The van der Waals surface area contributed by atoms with Crippen LogP contribution in [0.15, 0.2) is 11.1 Å². The van der Waals surface area contributed by atoms with Crippen LogP contribution in [-0.2, 0) is 15.9 Å². The van der Waals surface area contributed by atoms with E-state index in [9.17, 15) is 0 Å². The van der Waals surface area contributed by atoms with Gasteiger partial charge in [-0.1, -0.05) is 0 Å². The van der Waals surface area contributed by atoms with Crippen molar-refractivity contribution in [2.24, 2.45) is 4.99 Å². The molecule has 0 radical (unpaired) electrons. The molecule has 0 aromatic heterocycles. The van der Waals surface area contributed by atoms with Gasteiger partial charge in [0.2, 0.25) is 0 Å². The van der Waals surface area contributed by atoms with Gasteiger partial charge in [-0.15, -0.1) is 11.8 Å². The van der Waals surface area contributed by atoms with Crippen LogP contribution in [0.4, 0.5) is 0 Å². The summed E-state index contributed by atoms with van der Waals surface area (Å²) in [6, 6.07) is 1.85. The van der Waals surface area contributed by atoms with Gasteiger partial charge in [0.15, 0.2) is 11.5 Å². The van der Waals surface area contributed by atoms with E-state index in [1.165, 1.54) is 11.8 Å². The summed E-state index contributed by atoms with van der Waals surface area (Å²) in [5, 5.41) is 9.12. The first-order chi connectivity index (χ1) is 11.1. The number of aliphatic imine (C=N–C) groups is 1. The van der Waals surface area contributed by atoms with E-state index in [-0.39, 0.29) is 13.5 Å². The Balaban J connectivity index is 2.31. The fraction of sp³-hybridized carbons (Fsp3) is 0.500. The quantitative estimate of drug-likeness (QED) is 0.358. The number of benzene rings is 1. The van der Waals surface area contributed by atoms with Crippen molar-refractivity contribution in [3.8, 4) is 11.5 Å². The fourth-order valence-electron chi connectivity index (χ4n) is 2.50. The first-order valence-electron chi connectivity index (χ1n) is 7.21. The number of ether oxygens (including phenoxy) is 4. The molecule has 0 atom stereocenters. The second-order valence-electron chi connectivity index (χ2n) is 4.94. The molecule has 0 bridgehead atoms. The van der Waals surface area contributed by atoms with Gasteiger partial charge in [-0.3, -0.25) is 5.41 Å². The molecule has 0 aliphatic carbocycles. The Morgan fingerprint density at radius 2 is 2.22 bits per heavy atom. The molecule has 0 fully saturated rings. The molecule has 6 nitrogen and oxygen atoms in total. The van der Waals surface area contributed by atoms with Crippen molar-refractivity contribution in [1.82, 2.24) is 0 Å². The van der Waals surface area contributed by atoms with Crippen molar-refractivity contribution in [2.75, 3.05) is 40.6 Å². The number of nitrogens with one attached hydrogen (secondary N) is 1. The average Bonchev–Trinajstić information content (AvgIpc) is 3.05. The zero-order valence-electron chi connectivity index (χ0n) is 13.9. The average molecular weight is 338 g/mol. The number of hydrogen-bond donors (Lipinski definition) is 1. The number of hydrogen-bond acceptors (Lipinski definition) is 7. The van der Waals surface area contributed by atoms with Crippen LogP contribution in [0, 0.1) is 12.3 Å². The predicted molar refractivity (Wildman–Crippen MR) is 92.5 cm³/mol. The lowest BCUT2D eigenvalue weighted by atomic mass is 9.96. The molecule has 0 spiro atoms. The molecule has 23 heavy (non-hydrogen) atoms. The minimum atomic E-state index is 0.163. The highest BCUT2D eigenvalue weighted by molar-refractivity contribution is 8.15. The molecule has 1 N–H and O–H groups in total. The topological polar surface area (TPSA) is 73.1 Å². The summed E-state index contributed by atoms with van der Waals surface area (Å²) in [6.07, 6.45) is 2.73. The lowest BCUT2D eigenvalue weighted by molar-refractivity contribution is -0.0270. The lowest BCUT2D eigenvalue weighted by Crippen LogP contribution is -2.14. The van der Waals surface area contributed by atoms with Gasteiger partial charge in [0.05, 0.1) is 19.4 Å². The highest BCUT2D eigenvalue weighted by Crippen LogP contribution is 2.39. The van der Waals surface area contributed by atoms with Gasteiger partial charge >= 0.3 is 0 Å². The normalized spacial score (nSPS) is 13.7. The molecule has 0 unspecified atom stereocenters. The summed E-state index contributed by atoms with van der Waals surface area (Å²) in [4.78, 5) is 4.33. The standard InChI is InChI=1S/C16H22N2O4S/c1-10-11-5-6-22-15(11)13(20-3)7-12(10)14(17)16(23-4)18-8-21-9-19-2/h7,17H,5-6,8-9H2,1-4H3/b17-14?,18-16-. The zero-order chi connectivity index (χ0) is 16.8.